The first-order valence-corrected chi connectivity index (χ1v) is 7.94. The van der Waals surface area contributed by atoms with Gasteiger partial charge in [-0.25, -0.2) is 0 Å². The summed E-state index contributed by atoms with van der Waals surface area (Å²) in [5, 5.41) is 3.27. The Kier molecular flexibility index (Phi) is 4.39. The van der Waals surface area contributed by atoms with E-state index in [2.05, 4.69) is 59.6 Å². The number of benzene rings is 1. The van der Waals surface area contributed by atoms with Crippen molar-refractivity contribution < 1.29 is 4.79 Å². The highest BCUT2D eigenvalue weighted by Crippen LogP contribution is 2.22. The largest absolute Gasteiger partial charge is 0.352 e. The summed E-state index contributed by atoms with van der Waals surface area (Å²) in [5.41, 5.74) is 1.34. The molecule has 1 aromatic rings. The van der Waals surface area contributed by atoms with Gasteiger partial charge in [0.1, 0.15) is 0 Å². The van der Waals surface area contributed by atoms with Crippen molar-refractivity contribution in [3.05, 3.63) is 48.0 Å². The van der Waals surface area contributed by atoms with Crippen LogP contribution in [0.3, 0.4) is 0 Å². The van der Waals surface area contributed by atoms with E-state index in [-0.39, 0.29) is 11.8 Å². The molecule has 112 valence electrons. The predicted molar refractivity (Wildman–Crippen MR) is 84.7 cm³/mol. The van der Waals surface area contributed by atoms with Crippen molar-refractivity contribution in [2.45, 2.75) is 32.4 Å². The number of amides is 1. The second-order valence-corrected chi connectivity index (χ2v) is 6.41. The van der Waals surface area contributed by atoms with Crippen molar-refractivity contribution in [2.75, 3.05) is 13.1 Å². The van der Waals surface area contributed by atoms with Crippen LogP contribution in [0.15, 0.2) is 42.5 Å². The third kappa shape index (κ3) is 3.53. The molecule has 0 saturated carbocycles. The summed E-state index contributed by atoms with van der Waals surface area (Å²) in [6.07, 6.45) is 6.04. The van der Waals surface area contributed by atoms with Crippen LogP contribution < -0.4 is 5.32 Å². The van der Waals surface area contributed by atoms with E-state index >= 15 is 0 Å². The van der Waals surface area contributed by atoms with E-state index in [4.69, 9.17) is 0 Å². The molecule has 0 aromatic heterocycles. The minimum Gasteiger partial charge on any atom is -0.352 e. The molecule has 1 aliphatic heterocycles. The van der Waals surface area contributed by atoms with Gasteiger partial charge in [0.15, 0.2) is 0 Å². The number of nitrogens with one attached hydrogen (secondary N) is 1. The molecule has 3 nitrogen and oxygen atoms in total. The molecular weight excluding hydrogens is 260 g/mol. The molecule has 0 radical (unpaired) electrons. The fourth-order valence-electron chi connectivity index (χ4n) is 3.36. The van der Waals surface area contributed by atoms with E-state index in [9.17, 15) is 4.79 Å². The first-order chi connectivity index (χ1) is 10.2. The highest BCUT2D eigenvalue weighted by atomic mass is 16.2. The molecule has 1 aromatic carbocycles. The minimum absolute atomic E-state index is 0.167. The number of carbonyl (C=O) groups is 1. The maximum atomic E-state index is 12.2. The van der Waals surface area contributed by atoms with E-state index in [0.717, 1.165) is 32.5 Å². The van der Waals surface area contributed by atoms with Crippen LogP contribution in [-0.4, -0.2) is 29.9 Å². The van der Waals surface area contributed by atoms with Gasteiger partial charge in [-0.1, -0.05) is 49.4 Å². The van der Waals surface area contributed by atoms with Crippen molar-refractivity contribution in [1.29, 1.82) is 0 Å². The molecule has 3 rings (SSSR count). The highest BCUT2D eigenvalue weighted by molar-refractivity contribution is 5.79. The number of rotatable bonds is 4. The normalized spacial score (nSPS) is 26.3. The molecule has 1 aliphatic carbocycles. The molecule has 1 fully saturated rings. The van der Waals surface area contributed by atoms with Gasteiger partial charge in [-0.2, -0.15) is 0 Å². The smallest absolute Gasteiger partial charge is 0.224 e. The van der Waals surface area contributed by atoms with Crippen LogP contribution in [0.25, 0.3) is 0 Å². The molecule has 1 N–H and O–H groups in total. The molecule has 1 saturated heterocycles. The summed E-state index contributed by atoms with van der Waals surface area (Å²) in [5.74, 6) is 0.922. The van der Waals surface area contributed by atoms with Crippen LogP contribution in [0, 0.1) is 11.8 Å². The van der Waals surface area contributed by atoms with Gasteiger partial charge in [-0.05, 0) is 24.3 Å². The average molecular weight is 284 g/mol. The van der Waals surface area contributed by atoms with Gasteiger partial charge in [-0.3, -0.25) is 9.69 Å². The van der Waals surface area contributed by atoms with Gasteiger partial charge >= 0.3 is 0 Å². The van der Waals surface area contributed by atoms with Gasteiger partial charge in [0.05, 0.1) is 0 Å². The van der Waals surface area contributed by atoms with Crippen molar-refractivity contribution >= 4 is 5.91 Å². The minimum atomic E-state index is 0.167. The van der Waals surface area contributed by atoms with Gasteiger partial charge < -0.3 is 5.32 Å². The number of likely N-dealkylation sites (tertiary alicyclic amines) is 1. The SMILES string of the molecule is C[C@H]1CN(Cc2ccccc2)C[C@H]1NC(=O)C1CC=CC1. The maximum Gasteiger partial charge on any atom is 0.224 e. The molecule has 21 heavy (non-hydrogen) atoms. The van der Waals surface area contributed by atoms with E-state index in [1.165, 1.54) is 5.56 Å². The summed E-state index contributed by atoms with van der Waals surface area (Å²) < 4.78 is 0. The maximum absolute atomic E-state index is 12.2. The monoisotopic (exact) mass is 284 g/mol. The zero-order valence-corrected chi connectivity index (χ0v) is 12.7. The first-order valence-electron chi connectivity index (χ1n) is 7.94. The van der Waals surface area contributed by atoms with Gasteiger partial charge in [0.25, 0.3) is 0 Å². The molecular formula is C18H24N2O. The number of carbonyl (C=O) groups excluding carboxylic acids is 1. The van der Waals surface area contributed by atoms with Crippen molar-refractivity contribution in [3.63, 3.8) is 0 Å². The first kappa shape index (κ1) is 14.3. The molecule has 2 aliphatic rings. The number of allylic oxidation sites excluding steroid dienone is 2. The zero-order chi connectivity index (χ0) is 14.7. The van der Waals surface area contributed by atoms with Gasteiger partial charge in [0.2, 0.25) is 5.91 Å². The molecule has 3 heteroatoms. The second-order valence-electron chi connectivity index (χ2n) is 6.41. The Morgan fingerprint density at radius 3 is 2.62 bits per heavy atom. The van der Waals surface area contributed by atoms with E-state index in [1.54, 1.807) is 0 Å². The third-order valence-corrected chi connectivity index (χ3v) is 4.64. The summed E-state index contributed by atoms with van der Waals surface area (Å²) >= 11 is 0. The second kappa shape index (κ2) is 6.44. The van der Waals surface area contributed by atoms with Crippen LogP contribution in [0.4, 0.5) is 0 Å². The fourth-order valence-corrected chi connectivity index (χ4v) is 3.36. The Labute approximate surface area is 127 Å². The lowest BCUT2D eigenvalue weighted by Gasteiger charge is -2.19. The summed E-state index contributed by atoms with van der Waals surface area (Å²) in [7, 11) is 0. The number of nitrogens with zero attached hydrogens (tertiary/aromatic N) is 1. The van der Waals surface area contributed by atoms with Gasteiger partial charge in [-0.15, -0.1) is 0 Å². The zero-order valence-electron chi connectivity index (χ0n) is 12.7. The average Bonchev–Trinajstić information content (AvgIpc) is 3.11. The molecule has 0 spiro atoms. The van der Waals surface area contributed by atoms with E-state index < -0.39 is 0 Å². The standard InChI is InChI=1S/C18H24N2O/c1-14-11-20(12-15-7-3-2-4-8-15)13-17(14)19-18(21)16-9-5-6-10-16/h2-8,14,16-17H,9-13H2,1H3,(H,19,21)/t14-,17+/m0/s1. The number of hydrogen-bond donors (Lipinski definition) is 1. The van der Waals surface area contributed by atoms with E-state index in [1.807, 2.05) is 0 Å². The third-order valence-electron chi connectivity index (χ3n) is 4.64. The Bertz CT molecular complexity index is 503. The van der Waals surface area contributed by atoms with Crippen LogP contribution in [-0.2, 0) is 11.3 Å². The Morgan fingerprint density at radius 2 is 1.90 bits per heavy atom. The summed E-state index contributed by atoms with van der Waals surface area (Å²) in [4.78, 5) is 14.7. The lowest BCUT2D eigenvalue weighted by Crippen LogP contribution is -2.42. The molecule has 1 amide bonds. The quantitative estimate of drug-likeness (QED) is 0.862. The van der Waals surface area contributed by atoms with Crippen molar-refractivity contribution in [1.82, 2.24) is 10.2 Å². The summed E-state index contributed by atoms with van der Waals surface area (Å²) in [6.45, 7) is 5.23. The summed E-state index contributed by atoms with van der Waals surface area (Å²) in [6, 6.07) is 10.8. The predicted octanol–water partition coefficient (Wildman–Crippen LogP) is 2.59. The van der Waals surface area contributed by atoms with Crippen LogP contribution >= 0.6 is 0 Å². The van der Waals surface area contributed by atoms with Gasteiger partial charge in [0, 0.05) is 31.6 Å². The molecule has 0 bridgehead atoms. The Hall–Kier alpha value is -1.61. The van der Waals surface area contributed by atoms with E-state index in [0.29, 0.717) is 12.0 Å². The van der Waals surface area contributed by atoms with Crippen LogP contribution in [0.1, 0.15) is 25.3 Å². The topological polar surface area (TPSA) is 32.3 Å². The number of hydrogen-bond acceptors (Lipinski definition) is 2. The van der Waals surface area contributed by atoms with Crippen LogP contribution in [0.2, 0.25) is 0 Å². The van der Waals surface area contributed by atoms with Crippen molar-refractivity contribution in [3.8, 4) is 0 Å². The molecule has 1 heterocycles. The Balaban J connectivity index is 1.52. The van der Waals surface area contributed by atoms with Crippen LogP contribution in [0.5, 0.6) is 0 Å². The molecule has 2 atom stereocenters. The lowest BCUT2D eigenvalue weighted by molar-refractivity contribution is -0.125. The highest BCUT2D eigenvalue weighted by Gasteiger charge is 2.32. The van der Waals surface area contributed by atoms with Crippen molar-refractivity contribution in [2.24, 2.45) is 11.8 Å². The molecule has 0 unspecified atom stereocenters. The lowest BCUT2D eigenvalue weighted by atomic mass is 10.0. The fraction of sp³-hybridized carbons (Fsp3) is 0.500. The Morgan fingerprint density at radius 1 is 1.19 bits per heavy atom.